The second-order valence-electron chi connectivity index (χ2n) is 4.92. The van der Waals surface area contributed by atoms with Crippen LogP contribution in [0.4, 0.5) is 5.95 Å². The Morgan fingerprint density at radius 3 is 2.76 bits per heavy atom. The predicted octanol–water partition coefficient (Wildman–Crippen LogP) is 2.03. The molecule has 3 rings (SSSR count). The lowest BCUT2D eigenvalue weighted by molar-refractivity contribution is 0.321. The second kappa shape index (κ2) is 3.75. The SMILES string of the molecule is CCCc1nn(C)c2c1nc(N)n2C1CCC1. The molecule has 0 spiro atoms. The molecule has 1 fully saturated rings. The summed E-state index contributed by atoms with van der Waals surface area (Å²) in [6.07, 6.45) is 5.78. The van der Waals surface area contributed by atoms with Gasteiger partial charge in [0.2, 0.25) is 5.95 Å². The number of hydrogen-bond donors (Lipinski definition) is 1. The van der Waals surface area contributed by atoms with Crippen molar-refractivity contribution in [2.24, 2.45) is 7.05 Å². The van der Waals surface area contributed by atoms with Gasteiger partial charge in [-0.05, 0) is 25.7 Å². The molecule has 2 aromatic rings. The van der Waals surface area contributed by atoms with Crippen LogP contribution in [0.15, 0.2) is 0 Å². The number of fused-ring (bicyclic) bond motifs is 1. The zero-order chi connectivity index (χ0) is 12.0. The highest BCUT2D eigenvalue weighted by Crippen LogP contribution is 2.36. The number of anilines is 1. The number of aryl methyl sites for hydroxylation is 2. The lowest BCUT2D eigenvalue weighted by Gasteiger charge is -2.27. The molecule has 92 valence electrons. The summed E-state index contributed by atoms with van der Waals surface area (Å²) in [5.41, 5.74) is 9.22. The van der Waals surface area contributed by atoms with Crippen LogP contribution in [0.2, 0.25) is 0 Å². The monoisotopic (exact) mass is 233 g/mol. The van der Waals surface area contributed by atoms with Crippen LogP contribution in [-0.2, 0) is 13.5 Å². The van der Waals surface area contributed by atoms with Gasteiger partial charge in [0.15, 0.2) is 5.65 Å². The molecule has 0 aliphatic heterocycles. The molecule has 0 aromatic carbocycles. The molecule has 2 N–H and O–H groups in total. The molecule has 1 saturated carbocycles. The summed E-state index contributed by atoms with van der Waals surface area (Å²) in [5, 5.41) is 4.56. The van der Waals surface area contributed by atoms with Crippen molar-refractivity contribution in [2.75, 3.05) is 5.73 Å². The van der Waals surface area contributed by atoms with Crippen LogP contribution >= 0.6 is 0 Å². The molecule has 17 heavy (non-hydrogen) atoms. The summed E-state index contributed by atoms with van der Waals surface area (Å²) in [6.45, 7) is 2.16. The summed E-state index contributed by atoms with van der Waals surface area (Å²) >= 11 is 0. The molecular weight excluding hydrogens is 214 g/mol. The molecule has 0 radical (unpaired) electrons. The van der Waals surface area contributed by atoms with Gasteiger partial charge >= 0.3 is 0 Å². The fraction of sp³-hybridized carbons (Fsp3) is 0.667. The molecule has 1 aliphatic carbocycles. The molecule has 0 atom stereocenters. The maximum absolute atomic E-state index is 6.05. The van der Waals surface area contributed by atoms with Crippen molar-refractivity contribution in [3.63, 3.8) is 0 Å². The third kappa shape index (κ3) is 1.45. The Hall–Kier alpha value is -1.52. The third-order valence-corrected chi connectivity index (χ3v) is 3.69. The number of nitrogens with zero attached hydrogens (tertiary/aromatic N) is 4. The van der Waals surface area contributed by atoms with E-state index in [1.165, 1.54) is 19.3 Å². The minimum atomic E-state index is 0.532. The van der Waals surface area contributed by atoms with Gasteiger partial charge in [-0.25, -0.2) is 4.98 Å². The molecule has 5 nitrogen and oxygen atoms in total. The number of nitrogens with two attached hydrogens (primary N) is 1. The summed E-state index contributed by atoms with van der Waals surface area (Å²) in [4.78, 5) is 4.51. The van der Waals surface area contributed by atoms with Crippen molar-refractivity contribution in [3.8, 4) is 0 Å². The molecule has 0 unspecified atom stereocenters. The fourth-order valence-electron chi connectivity index (χ4n) is 2.63. The zero-order valence-corrected chi connectivity index (χ0v) is 10.5. The van der Waals surface area contributed by atoms with Crippen molar-refractivity contribution in [1.29, 1.82) is 0 Å². The molecule has 0 bridgehead atoms. The third-order valence-electron chi connectivity index (χ3n) is 3.69. The van der Waals surface area contributed by atoms with Crippen LogP contribution in [0.1, 0.15) is 44.3 Å². The van der Waals surface area contributed by atoms with E-state index in [1.54, 1.807) is 0 Å². The molecule has 0 amide bonds. The topological polar surface area (TPSA) is 61.7 Å². The van der Waals surface area contributed by atoms with Gasteiger partial charge < -0.3 is 5.73 Å². The van der Waals surface area contributed by atoms with Crippen LogP contribution in [0.3, 0.4) is 0 Å². The predicted molar refractivity (Wildman–Crippen MR) is 67.8 cm³/mol. The first kappa shape index (κ1) is 10.6. The Bertz CT molecular complexity index is 547. The maximum Gasteiger partial charge on any atom is 0.202 e. The largest absolute Gasteiger partial charge is 0.369 e. The van der Waals surface area contributed by atoms with Gasteiger partial charge in [0, 0.05) is 13.1 Å². The Kier molecular flexibility index (Phi) is 2.34. The molecule has 5 heteroatoms. The van der Waals surface area contributed by atoms with Gasteiger partial charge in [-0.1, -0.05) is 13.3 Å². The smallest absolute Gasteiger partial charge is 0.202 e. The Labute approximate surface area is 101 Å². The van der Waals surface area contributed by atoms with Gasteiger partial charge in [0.25, 0.3) is 0 Å². The summed E-state index contributed by atoms with van der Waals surface area (Å²) < 4.78 is 4.10. The van der Waals surface area contributed by atoms with Crippen molar-refractivity contribution < 1.29 is 0 Å². The number of hydrogen-bond acceptors (Lipinski definition) is 3. The summed E-state index contributed by atoms with van der Waals surface area (Å²) in [7, 11) is 1.98. The second-order valence-corrected chi connectivity index (χ2v) is 4.92. The van der Waals surface area contributed by atoms with Crippen LogP contribution in [0, 0.1) is 0 Å². The quantitative estimate of drug-likeness (QED) is 0.882. The minimum Gasteiger partial charge on any atom is -0.369 e. The normalized spacial score (nSPS) is 16.6. The van der Waals surface area contributed by atoms with Gasteiger partial charge in [-0.2, -0.15) is 5.10 Å². The Morgan fingerprint density at radius 2 is 2.18 bits per heavy atom. The van der Waals surface area contributed by atoms with Crippen molar-refractivity contribution >= 4 is 17.1 Å². The molecule has 2 heterocycles. The maximum atomic E-state index is 6.05. The van der Waals surface area contributed by atoms with Crippen LogP contribution in [-0.4, -0.2) is 19.3 Å². The van der Waals surface area contributed by atoms with Gasteiger partial charge in [0.1, 0.15) is 5.52 Å². The van der Waals surface area contributed by atoms with E-state index in [-0.39, 0.29) is 0 Å². The highest BCUT2D eigenvalue weighted by molar-refractivity contribution is 5.78. The van der Waals surface area contributed by atoms with Crippen LogP contribution < -0.4 is 5.73 Å². The lowest BCUT2D eigenvalue weighted by atomic mass is 9.93. The first-order valence-electron chi connectivity index (χ1n) is 6.41. The van der Waals surface area contributed by atoms with E-state index >= 15 is 0 Å². The van der Waals surface area contributed by atoms with E-state index in [2.05, 4.69) is 21.6 Å². The Balaban J connectivity index is 2.18. The van der Waals surface area contributed by atoms with Crippen molar-refractivity contribution in [2.45, 2.75) is 45.1 Å². The first-order chi connectivity index (χ1) is 8.22. The van der Waals surface area contributed by atoms with E-state index in [1.807, 2.05) is 11.7 Å². The first-order valence-corrected chi connectivity index (χ1v) is 6.41. The number of aromatic nitrogens is 4. The number of nitrogen functional groups attached to an aromatic ring is 1. The minimum absolute atomic E-state index is 0.532. The molecule has 1 aliphatic rings. The number of imidazole rings is 1. The van der Waals surface area contributed by atoms with E-state index in [4.69, 9.17) is 5.73 Å². The standard InChI is InChI=1S/C12H19N5/c1-3-5-9-10-11(16(2)15-9)17(12(13)14-10)8-6-4-7-8/h8H,3-7H2,1-2H3,(H2,13,14). The van der Waals surface area contributed by atoms with E-state index in [0.29, 0.717) is 12.0 Å². The number of rotatable bonds is 3. The Morgan fingerprint density at radius 1 is 1.41 bits per heavy atom. The van der Waals surface area contributed by atoms with Crippen molar-refractivity contribution in [1.82, 2.24) is 19.3 Å². The van der Waals surface area contributed by atoms with E-state index in [0.717, 1.165) is 29.7 Å². The average Bonchev–Trinajstić information content (AvgIpc) is 2.67. The van der Waals surface area contributed by atoms with Crippen LogP contribution in [0.5, 0.6) is 0 Å². The summed E-state index contributed by atoms with van der Waals surface area (Å²) in [5.74, 6) is 0.648. The highest BCUT2D eigenvalue weighted by Gasteiger charge is 2.26. The van der Waals surface area contributed by atoms with E-state index < -0.39 is 0 Å². The zero-order valence-electron chi connectivity index (χ0n) is 10.5. The fourth-order valence-corrected chi connectivity index (χ4v) is 2.63. The lowest BCUT2D eigenvalue weighted by Crippen LogP contribution is -2.20. The van der Waals surface area contributed by atoms with Gasteiger partial charge in [-0.3, -0.25) is 9.25 Å². The van der Waals surface area contributed by atoms with Gasteiger partial charge in [-0.15, -0.1) is 0 Å². The molecule has 2 aromatic heterocycles. The van der Waals surface area contributed by atoms with Crippen molar-refractivity contribution in [3.05, 3.63) is 5.69 Å². The molecular formula is C12H19N5. The summed E-state index contributed by atoms with van der Waals surface area (Å²) in [6, 6.07) is 0.532. The van der Waals surface area contributed by atoms with Crippen LogP contribution in [0.25, 0.3) is 11.2 Å². The van der Waals surface area contributed by atoms with E-state index in [9.17, 15) is 0 Å². The van der Waals surface area contributed by atoms with Gasteiger partial charge in [0.05, 0.1) is 5.69 Å². The highest BCUT2D eigenvalue weighted by atomic mass is 15.4. The average molecular weight is 233 g/mol. The molecule has 0 saturated heterocycles.